The predicted molar refractivity (Wildman–Crippen MR) is 69.1 cm³/mol. The van der Waals surface area contributed by atoms with Gasteiger partial charge < -0.3 is 15.4 Å². The van der Waals surface area contributed by atoms with E-state index < -0.39 is 0 Å². The number of hydrogen-bond donors (Lipinski definition) is 2. The van der Waals surface area contributed by atoms with Crippen LogP contribution in [0.3, 0.4) is 0 Å². The van der Waals surface area contributed by atoms with Gasteiger partial charge in [-0.1, -0.05) is 5.16 Å². The number of benzene rings is 1. The van der Waals surface area contributed by atoms with Crippen LogP contribution in [0.4, 0.5) is 5.69 Å². The SMILES string of the molecule is Nc1ccc(-c2nc(-c3ccsc3)no2)c(O)c1. The molecule has 6 heteroatoms. The van der Waals surface area contributed by atoms with Crippen molar-refractivity contribution in [1.29, 1.82) is 0 Å². The van der Waals surface area contributed by atoms with E-state index in [1.54, 1.807) is 23.5 Å². The standard InChI is InChI=1S/C12H9N3O2S/c13-8-1-2-9(10(16)5-8)12-14-11(15-17-12)7-3-4-18-6-7/h1-6,16H,13H2. The van der Waals surface area contributed by atoms with Crippen LogP contribution in [0.25, 0.3) is 22.8 Å². The van der Waals surface area contributed by atoms with Gasteiger partial charge in [0.15, 0.2) is 0 Å². The Morgan fingerprint density at radius 1 is 1.28 bits per heavy atom. The maximum atomic E-state index is 9.78. The summed E-state index contributed by atoms with van der Waals surface area (Å²) in [5.74, 6) is 0.798. The van der Waals surface area contributed by atoms with Gasteiger partial charge in [0.05, 0.1) is 5.56 Å². The number of thiophene rings is 1. The van der Waals surface area contributed by atoms with E-state index in [2.05, 4.69) is 10.1 Å². The van der Waals surface area contributed by atoms with E-state index in [9.17, 15) is 5.11 Å². The van der Waals surface area contributed by atoms with Gasteiger partial charge in [0.2, 0.25) is 5.82 Å². The molecule has 0 aliphatic carbocycles. The summed E-state index contributed by atoms with van der Waals surface area (Å²) in [5, 5.41) is 17.5. The van der Waals surface area contributed by atoms with E-state index in [-0.39, 0.29) is 11.6 Å². The summed E-state index contributed by atoms with van der Waals surface area (Å²) in [6.07, 6.45) is 0. The van der Waals surface area contributed by atoms with Crippen LogP contribution in [-0.4, -0.2) is 15.2 Å². The number of nitrogens with two attached hydrogens (primary N) is 1. The van der Waals surface area contributed by atoms with Crippen molar-refractivity contribution >= 4 is 17.0 Å². The Morgan fingerprint density at radius 2 is 2.17 bits per heavy atom. The van der Waals surface area contributed by atoms with Gasteiger partial charge in [0, 0.05) is 22.7 Å². The van der Waals surface area contributed by atoms with E-state index in [1.807, 2.05) is 16.8 Å². The molecule has 2 aromatic heterocycles. The Bertz CT molecular complexity index is 676. The molecule has 0 saturated carbocycles. The first-order valence-corrected chi connectivity index (χ1v) is 6.13. The molecule has 3 N–H and O–H groups in total. The van der Waals surface area contributed by atoms with Gasteiger partial charge in [-0.15, -0.1) is 0 Å². The molecule has 90 valence electrons. The minimum Gasteiger partial charge on any atom is -0.507 e. The van der Waals surface area contributed by atoms with Gasteiger partial charge in [-0.3, -0.25) is 0 Å². The number of nitrogen functional groups attached to an aromatic ring is 1. The summed E-state index contributed by atoms with van der Waals surface area (Å²) in [5.41, 5.74) is 7.41. The van der Waals surface area contributed by atoms with Crippen molar-refractivity contribution in [2.24, 2.45) is 0 Å². The average molecular weight is 259 g/mol. The molecule has 1 aromatic carbocycles. The van der Waals surface area contributed by atoms with Crippen molar-refractivity contribution in [1.82, 2.24) is 10.1 Å². The molecule has 2 heterocycles. The van der Waals surface area contributed by atoms with Crippen LogP contribution in [0.1, 0.15) is 0 Å². The molecule has 18 heavy (non-hydrogen) atoms. The van der Waals surface area contributed by atoms with Gasteiger partial charge in [-0.2, -0.15) is 16.3 Å². The number of aromatic nitrogens is 2. The fourth-order valence-corrected chi connectivity index (χ4v) is 2.21. The van der Waals surface area contributed by atoms with Crippen molar-refractivity contribution in [3.05, 3.63) is 35.0 Å². The Morgan fingerprint density at radius 3 is 2.89 bits per heavy atom. The van der Waals surface area contributed by atoms with Crippen LogP contribution in [-0.2, 0) is 0 Å². The van der Waals surface area contributed by atoms with Gasteiger partial charge in [0.1, 0.15) is 5.75 Å². The Labute approximate surface area is 107 Å². The lowest BCUT2D eigenvalue weighted by molar-refractivity contribution is 0.426. The topological polar surface area (TPSA) is 85.2 Å². The Kier molecular flexibility index (Phi) is 2.49. The molecule has 0 saturated heterocycles. The molecule has 0 fully saturated rings. The monoisotopic (exact) mass is 259 g/mol. The molecule has 0 spiro atoms. The van der Waals surface area contributed by atoms with Gasteiger partial charge >= 0.3 is 0 Å². The number of phenols is 1. The summed E-state index contributed by atoms with van der Waals surface area (Å²) in [7, 11) is 0. The molecular weight excluding hydrogens is 250 g/mol. The smallest absolute Gasteiger partial charge is 0.262 e. The second-order valence-corrected chi connectivity index (χ2v) is 4.49. The number of hydrogen-bond acceptors (Lipinski definition) is 6. The highest BCUT2D eigenvalue weighted by Gasteiger charge is 2.14. The molecule has 0 aliphatic rings. The molecule has 3 aromatic rings. The quantitative estimate of drug-likeness (QED) is 0.691. The summed E-state index contributed by atoms with van der Waals surface area (Å²) in [4.78, 5) is 4.24. The van der Waals surface area contributed by atoms with Gasteiger partial charge in [-0.25, -0.2) is 0 Å². The molecule has 5 nitrogen and oxygen atoms in total. The number of aromatic hydroxyl groups is 1. The van der Waals surface area contributed by atoms with Crippen LogP contribution in [0.5, 0.6) is 5.75 Å². The average Bonchev–Trinajstić information content (AvgIpc) is 2.99. The fraction of sp³-hybridized carbons (Fsp3) is 0. The molecule has 0 radical (unpaired) electrons. The Balaban J connectivity index is 2.03. The zero-order chi connectivity index (χ0) is 12.5. The van der Waals surface area contributed by atoms with Crippen molar-refractivity contribution < 1.29 is 9.63 Å². The lowest BCUT2D eigenvalue weighted by atomic mass is 10.2. The molecule has 0 amide bonds. The van der Waals surface area contributed by atoms with E-state index in [0.717, 1.165) is 5.56 Å². The zero-order valence-electron chi connectivity index (χ0n) is 9.20. The van der Waals surface area contributed by atoms with Crippen molar-refractivity contribution in [2.75, 3.05) is 5.73 Å². The highest BCUT2D eigenvalue weighted by Crippen LogP contribution is 2.31. The number of phenolic OH excluding ortho intramolecular Hbond substituents is 1. The Hall–Kier alpha value is -2.34. The fourth-order valence-electron chi connectivity index (χ4n) is 1.57. The second kappa shape index (κ2) is 4.15. The van der Waals surface area contributed by atoms with Crippen LogP contribution >= 0.6 is 11.3 Å². The van der Waals surface area contributed by atoms with Crippen molar-refractivity contribution in [3.63, 3.8) is 0 Å². The zero-order valence-corrected chi connectivity index (χ0v) is 10.0. The summed E-state index contributed by atoms with van der Waals surface area (Å²) < 4.78 is 5.14. The lowest BCUT2D eigenvalue weighted by Crippen LogP contribution is -1.85. The van der Waals surface area contributed by atoms with Crippen LogP contribution in [0.2, 0.25) is 0 Å². The maximum absolute atomic E-state index is 9.78. The minimum atomic E-state index is 0.0236. The first-order chi connectivity index (χ1) is 8.74. The van der Waals surface area contributed by atoms with Gasteiger partial charge in [-0.05, 0) is 23.6 Å². The summed E-state index contributed by atoms with van der Waals surface area (Å²) >= 11 is 1.56. The first-order valence-electron chi connectivity index (χ1n) is 5.19. The molecule has 0 atom stereocenters. The van der Waals surface area contributed by atoms with E-state index in [1.165, 1.54) is 6.07 Å². The normalized spacial score (nSPS) is 10.7. The molecular formula is C12H9N3O2S. The second-order valence-electron chi connectivity index (χ2n) is 3.71. The number of anilines is 1. The minimum absolute atomic E-state index is 0.0236. The van der Waals surface area contributed by atoms with Crippen LogP contribution in [0, 0.1) is 0 Å². The van der Waals surface area contributed by atoms with E-state index in [0.29, 0.717) is 17.1 Å². The molecule has 0 bridgehead atoms. The maximum Gasteiger partial charge on any atom is 0.262 e. The summed E-state index contributed by atoms with van der Waals surface area (Å²) in [6, 6.07) is 6.67. The molecule has 0 aliphatic heterocycles. The van der Waals surface area contributed by atoms with Gasteiger partial charge in [0.25, 0.3) is 5.89 Å². The first kappa shape index (κ1) is 10.8. The number of nitrogens with zero attached hydrogens (tertiary/aromatic N) is 2. The number of rotatable bonds is 2. The van der Waals surface area contributed by atoms with E-state index >= 15 is 0 Å². The highest BCUT2D eigenvalue weighted by atomic mass is 32.1. The lowest BCUT2D eigenvalue weighted by Gasteiger charge is -1.99. The summed E-state index contributed by atoms with van der Waals surface area (Å²) in [6.45, 7) is 0. The third-order valence-electron chi connectivity index (χ3n) is 2.46. The van der Waals surface area contributed by atoms with Crippen LogP contribution < -0.4 is 5.73 Å². The molecule has 3 rings (SSSR count). The largest absolute Gasteiger partial charge is 0.507 e. The third kappa shape index (κ3) is 1.82. The van der Waals surface area contributed by atoms with E-state index in [4.69, 9.17) is 10.3 Å². The predicted octanol–water partition coefficient (Wildman–Crippen LogP) is 2.75. The highest BCUT2D eigenvalue weighted by molar-refractivity contribution is 7.08. The van der Waals surface area contributed by atoms with Crippen molar-refractivity contribution in [2.45, 2.75) is 0 Å². The van der Waals surface area contributed by atoms with Crippen molar-refractivity contribution in [3.8, 4) is 28.6 Å². The molecule has 0 unspecified atom stereocenters. The third-order valence-corrected chi connectivity index (χ3v) is 3.14. The van der Waals surface area contributed by atoms with Crippen LogP contribution in [0.15, 0.2) is 39.5 Å².